The van der Waals surface area contributed by atoms with Crippen LogP contribution in [-0.4, -0.2) is 67.1 Å². The van der Waals surface area contributed by atoms with E-state index in [1.165, 1.54) is 0 Å². The average molecular weight is 324 g/mol. The standard InChI is InChI=1S/C14H23F3N2O3/c1-2-22-11-7-10(20)13(11)3-5-19(6-4-13)8-12(21)18-9-14(15,16)17/h10-11,20H,2-9H2,1H3,(H,18,21). The summed E-state index contributed by atoms with van der Waals surface area (Å²) in [5, 5.41) is 11.9. The highest BCUT2D eigenvalue weighted by molar-refractivity contribution is 5.78. The van der Waals surface area contributed by atoms with E-state index in [1.54, 1.807) is 0 Å². The number of hydrogen-bond acceptors (Lipinski definition) is 4. The third-order valence-electron chi connectivity index (χ3n) is 4.75. The van der Waals surface area contributed by atoms with Crippen LogP contribution in [0.15, 0.2) is 0 Å². The second kappa shape index (κ2) is 6.72. The molecule has 1 aliphatic heterocycles. The average Bonchev–Trinajstić information content (AvgIpc) is 2.45. The van der Waals surface area contributed by atoms with E-state index < -0.39 is 18.6 Å². The van der Waals surface area contributed by atoms with Crippen LogP contribution in [-0.2, 0) is 9.53 Å². The van der Waals surface area contributed by atoms with Gasteiger partial charge in [-0.2, -0.15) is 13.2 Å². The Morgan fingerprint density at radius 3 is 2.55 bits per heavy atom. The molecule has 1 aliphatic carbocycles. The van der Waals surface area contributed by atoms with E-state index in [0.29, 0.717) is 39.0 Å². The highest BCUT2D eigenvalue weighted by Gasteiger charge is 2.55. The zero-order valence-electron chi connectivity index (χ0n) is 12.7. The van der Waals surface area contributed by atoms with Crippen molar-refractivity contribution in [2.75, 3.05) is 32.8 Å². The quantitative estimate of drug-likeness (QED) is 0.789. The number of aliphatic hydroxyl groups is 1. The fraction of sp³-hybridized carbons (Fsp3) is 0.929. The number of alkyl halides is 3. The summed E-state index contributed by atoms with van der Waals surface area (Å²) in [7, 11) is 0. The van der Waals surface area contributed by atoms with Gasteiger partial charge in [0.2, 0.25) is 5.91 Å². The van der Waals surface area contributed by atoms with Crippen LogP contribution in [0.5, 0.6) is 0 Å². The lowest BCUT2D eigenvalue weighted by atomic mass is 9.58. The predicted octanol–water partition coefficient (Wildman–Crippen LogP) is 0.917. The lowest BCUT2D eigenvalue weighted by molar-refractivity contribution is -0.209. The fourth-order valence-electron chi connectivity index (χ4n) is 3.40. The van der Waals surface area contributed by atoms with Crippen molar-refractivity contribution in [1.82, 2.24) is 10.2 Å². The number of amides is 1. The van der Waals surface area contributed by atoms with Gasteiger partial charge in [-0.3, -0.25) is 9.69 Å². The molecule has 0 radical (unpaired) electrons. The van der Waals surface area contributed by atoms with E-state index in [9.17, 15) is 23.1 Å². The summed E-state index contributed by atoms with van der Waals surface area (Å²) in [6.07, 6.45) is -2.68. The number of hydrogen-bond donors (Lipinski definition) is 2. The number of aliphatic hydroxyl groups excluding tert-OH is 1. The SMILES string of the molecule is CCOC1CC(O)C12CCN(CC(=O)NCC(F)(F)F)CC2. The smallest absolute Gasteiger partial charge is 0.392 e. The van der Waals surface area contributed by atoms with Gasteiger partial charge in [-0.15, -0.1) is 0 Å². The summed E-state index contributed by atoms with van der Waals surface area (Å²) in [6.45, 7) is 2.34. The monoisotopic (exact) mass is 324 g/mol. The zero-order chi connectivity index (χ0) is 16.4. The van der Waals surface area contributed by atoms with E-state index in [2.05, 4.69) is 0 Å². The minimum atomic E-state index is -4.39. The van der Waals surface area contributed by atoms with Crippen LogP contribution >= 0.6 is 0 Å². The molecule has 2 unspecified atom stereocenters. The van der Waals surface area contributed by atoms with Crippen molar-refractivity contribution in [2.45, 2.75) is 44.6 Å². The lowest BCUT2D eigenvalue weighted by Gasteiger charge is -2.56. The number of likely N-dealkylation sites (tertiary alicyclic amines) is 1. The van der Waals surface area contributed by atoms with Crippen molar-refractivity contribution in [2.24, 2.45) is 5.41 Å². The largest absolute Gasteiger partial charge is 0.405 e. The van der Waals surface area contributed by atoms with Gasteiger partial charge in [0.1, 0.15) is 6.54 Å². The maximum atomic E-state index is 12.0. The number of ether oxygens (including phenoxy) is 1. The van der Waals surface area contributed by atoms with Crippen molar-refractivity contribution < 1.29 is 27.8 Å². The van der Waals surface area contributed by atoms with Gasteiger partial charge in [0, 0.05) is 18.4 Å². The molecule has 0 aromatic heterocycles. The molecule has 1 spiro atoms. The molecule has 2 atom stereocenters. The molecule has 2 N–H and O–H groups in total. The van der Waals surface area contributed by atoms with Crippen molar-refractivity contribution in [1.29, 1.82) is 0 Å². The molecular formula is C14H23F3N2O3. The number of piperidine rings is 1. The third kappa shape index (κ3) is 3.91. The topological polar surface area (TPSA) is 61.8 Å². The first kappa shape index (κ1) is 17.5. The third-order valence-corrected chi connectivity index (χ3v) is 4.75. The number of halogens is 3. The van der Waals surface area contributed by atoms with Gasteiger partial charge in [0.15, 0.2) is 0 Å². The Balaban J connectivity index is 1.76. The molecule has 0 aromatic rings. The number of carbonyl (C=O) groups is 1. The van der Waals surface area contributed by atoms with Crippen LogP contribution in [0.4, 0.5) is 13.2 Å². The Morgan fingerprint density at radius 2 is 2.05 bits per heavy atom. The number of nitrogens with zero attached hydrogens (tertiary/aromatic N) is 1. The summed E-state index contributed by atoms with van der Waals surface area (Å²) in [6, 6.07) is 0. The summed E-state index contributed by atoms with van der Waals surface area (Å²) in [4.78, 5) is 13.3. The number of rotatable bonds is 5. The van der Waals surface area contributed by atoms with Gasteiger partial charge in [-0.1, -0.05) is 0 Å². The Kier molecular flexibility index (Phi) is 5.34. The molecule has 2 aliphatic rings. The summed E-state index contributed by atoms with van der Waals surface area (Å²) in [5.41, 5.74) is -0.241. The fourth-order valence-corrected chi connectivity index (χ4v) is 3.40. The van der Waals surface area contributed by atoms with Gasteiger partial charge in [-0.05, 0) is 32.9 Å². The van der Waals surface area contributed by atoms with E-state index in [-0.39, 0.29) is 24.2 Å². The summed E-state index contributed by atoms with van der Waals surface area (Å²) in [5.74, 6) is -0.621. The zero-order valence-corrected chi connectivity index (χ0v) is 12.7. The minimum Gasteiger partial charge on any atom is -0.392 e. The molecule has 5 nitrogen and oxygen atoms in total. The van der Waals surface area contributed by atoms with E-state index >= 15 is 0 Å². The van der Waals surface area contributed by atoms with Gasteiger partial charge < -0.3 is 15.2 Å². The first-order valence-electron chi connectivity index (χ1n) is 7.62. The van der Waals surface area contributed by atoms with Gasteiger partial charge >= 0.3 is 6.18 Å². The first-order chi connectivity index (χ1) is 10.3. The van der Waals surface area contributed by atoms with Gasteiger partial charge in [0.25, 0.3) is 0 Å². The summed E-state index contributed by atoms with van der Waals surface area (Å²) < 4.78 is 41.8. The highest BCUT2D eigenvalue weighted by Crippen LogP contribution is 2.50. The Hall–Kier alpha value is -0.860. The van der Waals surface area contributed by atoms with Crippen LogP contribution in [0.1, 0.15) is 26.2 Å². The lowest BCUT2D eigenvalue weighted by Crippen LogP contribution is -2.62. The normalized spacial score (nSPS) is 28.4. The van der Waals surface area contributed by atoms with Crippen molar-refractivity contribution in [3.63, 3.8) is 0 Å². The van der Waals surface area contributed by atoms with Crippen molar-refractivity contribution in [3.05, 3.63) is 0 Å². The number of carbonyl (C=O) groups excluding carboxylic acids is 1. The van der Waals surface area contributed by atoms with Crippen LogP contribution in [0.2, 0.25) is 0 Å². The first-order valence-corrected chi connectivity index (χ1v) is 7.62. The van der Waals surface area contributed by atoms with Gasteiger partial charge in [0.05, 0.1) is 18.8 Å². The van der Waals surface area contributed by atoms with Gasteiger partial charge in [-0.25, -0.2) is 0 Å². The Morgan fingerprint density at radius 1 is 1.41 bits per heavy atom. The number of nitrogens with one attached hydrogen (secondary N) is 1. The molecule has 2 rings (SSSR count). The van der Waals surface area contributed by atoms with E-state index in [4.69, 9.17) is 4.74 Å². The molecule has 128 valence electrons. The molecule has 0 aromatic carbocycles. The molecule has 1 amide bonds. The van der Waals surface area contributed by atoms with Crippen molar-refractivity contribution >= 4 is 5.91 Å². The second-order valence-electron chi connectivity index (χ2n) is 6.10. The van der Waals surface area contributed by atoms with Crippen LogP contribution < -0.4 is 5.32 Å². The maximum absolute atomic E-state index is 12.0. The molecule has 22 heavy (non-hydrogen) atoms. The van der Waals surface area contributed by atoms with E-state index in [1.807, 2.05) is 17.1 Å². The highest BCUT2D eigenvalue weighted by atomic mass is 19.4. The van der Waals surface area contributed by atoms with Crippen molar-refractivity contribution in [3.8, 4) is 0 Å². The Labute approximate surface area is 127 Å². The predicted molar refractivity (Wildman–Crippen MR) is 73.2 cm³/mol. The molecule has 0 bridgehead atoms. The van der Waals surface area contributed by atoms with Crippen LogP contribution in [0.25, 0.3) is 0 Å². The molecule has 1 saturated carbocycles. The van der Waals surface area contributed by atoms with E-state index in [0.717, 1.165) is 0 Å². The molecule has 1 heterocycles. The van der Waals surface area contributed by atoms with Crippen LogP contribution in [0.3, 0.4) is 0 Å². The molecule has 8 heteroatoms. The minimum absolute atomic E-state index is 0.0401. The maximum Gasteiger partial charge on any atom is 0.405 e. The van der Waals surface area contributed by atoms with Crippen LogP contribution in [0, 0.1) is 5.41 Å². The second-order valence-corrected chi connectivity index (χ2v) is 6.10. The molecule has 2 fully saturated rings. The molecular weight excluding hydrogens is 301 g/mol. The molecule has 1 saturated heterocycles. The Bertz CT molecular complexity index is 393. The summed E-state index contributed by atoms with van der Waals surface area (Å²) >= 11 is 0.